The summed E-state index contributed by atoms with van der Waals surface area (Å²) in [6.07, 6.45) is 2.54. The van der Waals surface area contributed by atoms with E-state index in [1.165, 1.54) is 0 Å². The van der Waals surface area contributed by atoms with Gasteiger partial charge in [-0.3, -0.25) is 9.48 Å². The number of fused-ring (bicyclic) bond motifs is 1. The van der Waals surface area contributed by atoms with Gasteiger partial charge in [-0.05, 0) is 82.9 Å². The molecule has 0 atom stereocenters. The molecule has 4 N–H and O–H groups in total. The van der Waals surface area contributed by atoms with Crippen LogP contribution in [-0.2, 0) is 4.74 Å². The summed E-state index contributed by atoms with van der Waals surface area (Å²) in [4.78, 5) is 25.1. The van der Waals surface area contributed by atoms with E-state index in [0.29, 0.717) is 22.3 Å². The number of carbonyl (C=O) groups is 1. The number of rotatable bonds is 5. The highest BCUT2D eigenvalue weighted by Crippen LogP contribution is 2.36. The van der Waals surface area contributed by atoms with Gasteiger partial charge in [0.15, 0.2) is 5.82 Å². The number of nitrogens with zero attached hydrogens (tertiary/aromatic N) is 3. The number of nitrogens with two attached hydrogens (primary N) is 1. The summed E-state index contributed by atoms with van der Waals surface area (Å²) >= 11 is 0. The normalized spacial score (nSPS) is 16.6. The van der Waals surface area contributed by atoms with E-state index in [9.17, 15) is 9.59 Å². The van der Waals surface area contributed by atoms with E-state index < -0.39 is 11.7 Å². The van der Waals surface area contributed by atoms with Gasteiger partial charge in [-0.25, -0.2) is 9.89 Å². The van der Waals surface area contributed by atoms with Gasteiger partial charge in [0.2, 0.25) is 0 Å². The van der Waals surface area contributed by atoms with Gasteiger partial charge in [0, 0.05) is 11.6 Å². The number of ether oxygens (including phenoxy) is 2. The topological polar surface area (TPSA) is 137 Å². The Hall–Kier alpha value is -4.34. The number of anilines is 1. The number of hydrogen-bond acceptors (Lipinski definition) is 7. The molecule has 2 aromatic carbocycles. The summed E-state index contributed by atoms with van der Waals surface area (Å²) < 4.78 is 13.1. The molecule has 1 aliphatic rings. The first-order valence-electron chi connectivity index (χ1n) is 13.8. The molecule has 1 amide bonds. The molecule has 2 aromatic heterocycles. The van der Waals surface area contributed by atoms with Crippen LogP contribution in [0.2, 0.25) is 0 Å². The van der Waals surface area contributed by atoms with Crippen LogP contribution in [0.5, 0.6) is 11.5 Å². The first-order chi connectivity index (χ1) is 19.2. The molecular formula is C31H42N6O4. The number of aromatic nitrogens is 4. The second-order valence-electron chi connectivity index (χ2n) is 10.5. The summed E-state index contributed by atoms with van der Waals surface area (Å²) in [7, 11) is 0. The van der Waals surface area contributed by atoms with Crippen molar-refractivity contribution in [2.45, 2.75) is 85.4 Å². The van der Waals surface area contributed by atoms with Crippen molar-refractivity contribution in [2.24, 2.45) is 0 Å². The largest absolute Gasteiger partial charge is 0.457 e. The van der Waals surface area contributed by atoms with Gasteiger partial charge in [-0.1, -0.05) is 39.5 Å². The Kier molecular flexibility index (Phi) is 10.2. The molecule has 5 rings (SSSR count). The van der Waals surface area contributed by atoms with Crippen LogP contribution in [0.3, 0.4) is 0 Å². The van der Waals surface area contributed by atoms with Crippen LogP contribution in [0.15, 0.2) is 59.4 Å². The van der Waals surface area contributed by atoms with E-state index >= 15 is 0 Å². The number of aromatic amines is 1. The fourth-order valence-electron chi connectivity index (χ4n) is 4.83. The lowest BCUT2D eigenvalue weighted by Crippen LogP contribution is -2.41. The van der Waals surface area contributed by atoms with Crippen molar-refractivity contribution in [3.05, 3.63) is 65.0 Å². The van der Waals surface area contributed by atoms with E-state index in [0.717, 1.165) is 37.0 Å². The van der Waals surface area contributed by atoms with Crippen molar-refractivity contribution in [3.8, 4) is 22.8 Å². The third-order valence-electron chi connectivity index (χ3n) is 6.53. The van der Waals surface area contributed by atoms with Gasteiger partial charge >= 0.3 is 6.09 Å². The fraction of sp³-hybridized carbons (Fsp3) is 0.419. The molecule has 0 aliphatic heterocycles. The van der Waals surface area contributed by atoms with Crippen LogP contribution in [0.4, 0.5) is 10.6 Å². The van der Waals surface area contributed by atoms with Gasteiger partial charge < -0.3 is 20.5 Å². The molecule has 1 saturated carbocycles. The summed E-state index contributed by atoms with van der Waals surface area (Å²) in [5.41, 5.74) is 7.15. The minimum absolute atomic E-state index is 0. The number of H-pyrrole nitrogens is 1. The maximum absolute atomic E-state index is 12.9. The SMILES string of the molecule is C.CC.CC(C)(C)OC(=O)NC1CCC(n2nc(-c3ccc(Oc4ccccc4)cc3)c3c(N)n[nH]c(=O)c32)CC1. The molecule has 0 unspecified atom stereocenters. The molecule has 0 spiro atoms. The Balaban J connectivity index is 0.00000151. The Labute approximate surface area is 241 Å². The van der Waals surface area contributed by atoms with Gasteiger partial charge in [0.05, 0.1) is 11.4 Å². The molecule has 41 heavy (non-hydrogen) atoms. The van der Waals surface area contributed by atoms with Crippen molar-refractivity contribution in [2.75, 3.05) is 5.73 Å². The molecule has 2 heterocycles. The zero-order valence-electron chi connectivity index (χ0n) is 23.7. The molecule has 1 aliphatic carbocycles. The Morgan fingerprint density at radius 3 is 2.22 bits per heavy atom. The second-order valence-corrected chi connectivity index (χ2v) is 10.5. The molecule has 220 valence electrons. The average molecular weight is 563 g/mol. The summed E-state index contributed by atoms with van der Waals surface area (Å²) in [6, 6.07) is 17.0. The zero-order chi connectivity index (χ0) is 28.9. The summed E-state index contributed by atoms with van der Waals surface area (Å²) in [5.74, 6) is 1.64. The molecule has 10 nitrogen and oxygen atoms in total. The minimum Gasteiger partial charge on any atom is -0.457 e. The lowest BCUT2D eigenvalue weighted by Gasteiger charge is -2.30. The summed E-state index contributed by atoms with van der Waals surface area (Å²) in [5, 5.41) is 14.9. The van der Waals surface area contributed by atoms with Crippen molar-refractivity contribution in [1.29, 1.82) is 0 Å². The number of amides is 1. The molecule has 1 fully saturated rings. The molecule has 0 bridgehead atoms. The number of nitrogen functional groups attached to an aromatic ring is 1. The predicted molar refractivity (Wildman–Crippen MR) is 163 cm³/mol. The lowest BCUT2D eigenvalue weighted by molar-refractivity contribution is 0.0487. The third-order valence-corrected chi connectivity index (χ3v) is 6.53. The standard InChI is InChI=1S/C28H32N6O4.C2H6.CH4/c1-28(2,3)38-27(36)30-18-11-13-19(14-12-18)34-24-22(25(29)31-32-26(24)35)23(33-34)17-9-15-21(16-10-17)37-20-7-5-4-6-8-20;1-2;/h4-10,15-16,18-19H,11-14H2,1-3H3,(H2,29,31)(H,30,36)(H,32,35);1-2H3;1H4. The van der Waals surface area contributed by atoms with Crippen LogP contribution >= 0.6 is 0 Å². The van der Waals surface area contributed by atoms with Gasteiger partial charge in [-0.2, -0.15) is 10.2 Å². The van der Waals surface area contributed by atoms with Crippen molar-refractivity contribution < 1.29 is 14.3 Å². The Bertz CT molecular complexity index is 1480. The third kappa shape index (κ3) is 7.45. The molecule has 10 heteroatoms. The van der Waals surface area contributed by atoms with E-state index in [4.69, 9.17) is 20.3 Å². The van der Waals surface area contributed by atoms with E-state index in [1.54, 1.807) is 4.68 Å². The van der Waals surface area contributed by atoms with Gasteiger partial charge in [0.1, 0.15) is 28.3 Å². The second kappa shape index (κ2) is 13.3. The van der Waals surface area contributed by atoms with Crippen LogP contribution in [0, 0.1) is 0 Å². The zero-order valence-corrected chi connectivity index (χ0v) is 23.7. The quantitative estimate of drug-likeness (QED) is 0.242. The van der Waals surface area contributed by atoms with Crippen LogP contribution in [0.1, 0.15) is 73.8 Å². The number of para-hydroxylation sites is 1. The number of benzene rings is 2. The van der Waals surface area contributed by atoms with Crippen LogP contribution < -0.4 is 21.3 Å². The average Bonchev–Trinajstić information content (AvgIpc) is 3.34. The maximum Gasteiger partial charge on any atom is 0.407 e. The highest BCUT2D eigenvalue weighted by atomic mass is 16.6. The number of nitrogens with one attached hydrogen (secondary N) is 2. The van der Waals surface area contributed by atoms with E-state index in [-0.39, 0.29) is 30.9 Å². The van der Waals surface area contributed by atoms with Gasteiger partial charge in [-0.15, -0.1) is 0 Å². The van der Waals surface area contributed by atoms with Crippen molar-refractivity contribution >= 4 is 22.8 Å². The highest BCUT2D eigenvalue weighted by Gasteiger charge is 2.29. The van der Waals surface area contributed by atoms with Crippen molar-refractivity contribution in [1.82, 2.24) is 25.3 Å². The van der Waals surface area contributed by atoms with Crippen LogP contribution in [0.25, 0.3) is 22.2 Å². The Morgan fingerprint density at radius 1 is 1.00 bits per heavy atom. The fourth-order valence-corrected chi connectivity index (χ4v) is 4.83. The van der Waals surface area contributed by atoms with Crippen LogP contribution in [-0.4, -0.2) is 37.7 Å². The molecule has 4 aromatic rings. The van der Waals surface area contributed by atoms with Crippen molar-refractivity contribution in [3.63, 3.8) is 0 Å². The smallest absolute Gasteiger partial charge is 0.407 e. The monoisotopic (exact) mass is 562 g/mol. The molecule has 0 saturated heterocycles. The highest BCUT2D eigenvalue weighted by molar-refractivity contribution is 5.99. The summed E-state index contributed by atoms with van der Waals surface area (Å²) in [6.45, 7) is 9.52. The molecule has 0 radical (unpaired) electrons. The lowest BCUT2D eigenvalue weighted by atomic mass is 9.91. The predicted octanol–water partition coefficient (Wildman–Crippen LogP) is 6.83. The first kappa shape index (κ1) is 31.2. The van der Waals surface area contributed by atoms with E-state index in [1.807, 2.05) is 89.2 Å². The van der Waals surface area contributed by atoms with E-state index in [2.05, 4.69) is 15.5 Å². The number of hydrogen-bond donors (Lipinski definition) is 3. The first-order valence-corrected chi connectivity index (χ1v) is 13.8. The maximum atomic E-state index is 12.9. The Morgan fingerprint density at radius 2 is 1.61 bits per heavy atom. The van der Waals surface area contributed by atoms with Gasteiger partial charge in [0.25, 0.3) is 5.56 Å². The molecular weight excluding hydrogens is 520 g/mol. The number of alkyl carbamates (subject to hydrolysis) is 1. The minimum atomic E-state index is -0.549. The number of carbonyl (C=O) groups excluding carboxylic acids is 1.